The Kier molecular flexibility index (Phi) is 4.73. The van der Waals surface area contributed by atoms with E-state index in [2.05, 4.69) is 10.3 Å². The van der Waals surface area contributed by atoms with E-state index in [-0.39, 0.29) is 38.8 Å². The number of aromatic nitrogens is 2. The summed E-state index contributed by atoms with van der Waals surface area (Å²) in [7, 11) is 0. The van der Waals surface area contributed by atoms with Crippen molar-refractivity contribution in [1.82, 2.24) is 9.55 Å². The van der Waals surface area contributed by atoms with Crippen molar-refractivity contribution in [2.24, 2.45) is 5.92 Å². The van der Waals surface area contributed by atoms with E-state index in [4.69, 9.17) is 34.8 Å². The zero-order valence-corrected chi connectivity index (χ0v) is 15.0. The predicted octanol–water partition coefficient (Wildman–Crippen LogP) is 4.79. The van der Waals surface area contributed by atoms with Gasteiger partial charge in [-0.3, -0.25) is 4.79 Å². The highest BCUT2D eigenvalue weighted by Gasteiger charge is 2.30. The molecule has 1 aromatic carbocycles. The van der Waals surface area contributed by atoms with Crippen molar-refractivity contribution < 1.29 is 0 Å². The fourth-order valence-corrected chi connectivity index (χ4v) is 3.31. The number of nitriles is 1. The van der Waals surface area contributed by atoms with Crippen LogP contribution in [0.4, 0.5) is 11.5 Å². The SMILES string of the molecule is C[C@H](C1CC1)n1cc(Cl)nc(Nc2c(Cl)cc(Cl)cc2C#N)c1=O. The first-order valence-corrected chi connectivity index (χ1v) is 8.49. The molecule has 5 nitrogen and oxygen atoms in total. The summed E-state index contributed by atoms with van der Waals surface area (Å²) in [5, 5.41) is 12.8. The fraction of sp³-hybridized carbons (Fsp3) is 0.312. The Labute approximate surface area is 153 Å². The van der Waals surface area contributed by atoms with E-state index in [9.17, 15) is 10.1 Å². The van der Waals surface area contributed by atoms with Crippen LogP contribution in [0.15, 0.2) is 23.1 Å². The summed E-state index contributed by atoms with van der Waals surface area (Å²) in [6.45, 7) is 1.98. The van der Waals surface area contributed by atoms with Crippen LogP contribution in [-0.2, 0) is 0 Å². The molecule has 1 heterocycles. The molecule has 1 aromatic heterocycles. The Morgan fingerprint density at radius 2 is 2.08 bits per heavy atom. The summed E-state index contributed by atoms with van der Waals surface area (Å²) in [6.07, 6.45) is 3.72. The second kappa shape index (κ2) is 6.64. The number of hydrogen-bond acceptors (Lipinski definition) is 4. The molecule has 24 heavy (non-hydrogen) atoms. The molecular formula is C16H13Cl3N4O. The minimum atomic E-state index is -0.311. The molecule has 3 rings (SSSR count). The van der Waals surface area contributed by atoms with Gasteiger partial charge in [-0.15, -0.1) is 0 Å². The van der Waals surface area contributed by atoms with Crippen LogP contribution in [0.2, 0.25) is 15.2 Å². The monoisotopic (exact) mass is 382 g/mol. The van der Waals surface area contributed by atoms with Crippen molar-refractivity contribution in [2.45, 2.75) is 25.8 Å². The van der Waals surface area contributed by atoms with Gasteiger partial charge in [0.1, 0.15) is 11.2 Å². The average molecular weight is 384 g/mol. The van der Waals surface area contributed by atoms with Gasteiger partial charge in [0, 0.05) is 17.3 Å². The molecule has 0 radical (unpaired) electrons. The highest BCUT2D eigenvalue weighted by Crippen LogP contribution is 2.39. The molecule has 1 aliphatic rings. The van der Waals surface area contributed by atoms with Crippen LogP contribution >= 0.6 is 34.8 Å². The lowest BCUT2D eigenvalue weighted by atomic mass is 10.2. The highest BCUT2D eigenvalue weighted by atomic mass is 35.5. The molecule has 2 aromatic rings. The number of anilines is 2. The Morgan fingerprint density at radius 3 is 2.71 bits per heavy atom. The van der Waals surface area contributed by atoms with Crippen LogP contribution in [-0.4, -0.2) is 9.55 Å². The Bertz CT molecular complexity index is 899. The summed E-state index contributed by atoms with van der Waals surface area (Å²) in [5.74, 6) is 0.499. The molecule has 1 fully saturated rings. The van der Waals surface area contributed by atoms with E-state index in [0.29, 0.717) is 10.9 Å². The topological polar surface area (TPSA) is 70.7 Å². The van der Waals surface area contributed by atoms with Gasteiger partial charge in [-0.1, -0.05) is 34.8 Å². The summed E-state index contributed by atoms with van der Waals surface area (Å²) < 4.78 is 1.57. The lowest BCUT2D eigenvalue weighted by Gasteiger charge is -2.17. The first-order chi connectivity index (χ1) is 11.4. The van der Waals surface area contributed by atoms with Crippen LogP contribution in [0.5, 0.6) is 0 Å². The second-order valence-electron chi connectivity index (χ2n) is 5.75. The maximum Gasteiger partial charge on any atom is 0.294 e. The van der Waals surface area contributed by atoms with Crippen molar-refractivity contribution in [2.75, 3.05) is 5.32 Å². The molecule has 8 heteroatoms. The van der Waals surface area contributed by atoms with Gasteiger partial charge >= 0.3 is 0 Å². The lowest BCUT2D eigenvalue weighted by Crippen LogP contribution is -2.27. The molecule has 0 amide bonds. The molecular weight excluding hydrogens is 371 g/mol. The molecule has 0 unspecified atom stereocenters. The van der Waals surface area contributed by atoms with Crippen LogP contribution in [0.25, 0.3) is 0 Å². The van der Waals surface area contributed by atoms with E-state index in [0.717, 1.165) is 12.8 Å². The van der Waals surface area contributed by atoms with Gasteiger partial charge in [-0.25, -0.2) is 4.98 Å². The molecule has 1 atom stereocenters. The molecule has 124 valence electrons. The van der Waals surface area contributed by atoms with Crippen molar-refractivity contribution in [3.8, 4) is 6.07 Å². The molecule has 1 aliphatic carbocycles. The molecule has 0 bridgehead atoms. The van der Waals surface area contributed by atoms with Gasteiger partial charge in [0.25, 0.3) is 5.56 Å². The van der Waals surface area contributed by atoms with Gasteiger partial charge in [-0.05, 0) is 37.8 Å². The third-order valence-electron chi connectivity index (χ3n) is 4.06. The third kappa shape index (κ3) is 3.36. The summed E-state index contributed by atoms with van der Waals surface area (Å²) in [4.78, 5) is 16.8. The Balaban J connectivity index is 2.06. The van der Waals surface area contributed by atoms with Crippen molar-refractivity contribution >= 4 is 46.3 Å². The van der Waals surface area contributed by atoms with E-state index in [1.54, 1.807) is 4.57 Å². The smallest absolute Gasteiger partial charge is 0.294 e. The average Bonchev–Trinajstić information content (AvgIpc) is 3.36. The molecule has 1 saturated carbocycles. The Morgan fingerprint density at radius 1 is 1.38 bits per heavy atom. The first-order valence-electron chi connectivity index (χ1n) is 7.35. The quantitative estimate of drug-likeness (QED) is 0.824. The largest absolute Gasteiger partial charge is 0.333 e. The zero-order valence-electron chi connectivity index (χ0n) is 12.7. The molecule has 0 aliphatic heterocycles. The summed E-state index contributed by atoms with van der Waals surface area (Å²) in [6, 6.07) is 4.99. The van der Waals surface area contributed by atoms with E-state index >= 15 is 0 Å². The number of rotatable bonds is 4. The maximum atomic E-state index is 12.7. The van der Waals surface area contributed by atoms with Gasteiger partial charge < -0.3 is 9.88 Å². The van der Waals surface area contributed by atoms with Gasteiger partial charge in [0.15, 0.2) is 5.82 Å². The number of nitrogens with one attached hydrogen (secondary N) is 1. The van der Waals surface area contributed by atoms with Crippen molar-refractivity contribution in [3.05, 3.63) is 49.4 Å². The second-order valence-corrected chi connectivity index (χ2v) is 6.98. The standard InChI is InChI=1S/C16H13Cl3N4O/c1-8(9-2-3-9)23-7-13(19)21-15(16(23)24)22-14-10(6-20)4-11(17)5-12(14)18/h4-5,7-9H,2-3H2,1H3,(H,21,22)/t8-/m1/s1. The van der Waals surface area contributed by atoms with E-state index in [1.807, 2.05) is 13.0 Å². The minimum absolute atomic E-state index is 0.0238. The van der Waals surface area contributed by atoms with Crippen LogP contribution < -0.4 is 10.9 Å². The molecule has 0 spiro atoms. The fourth-order valence-electron chi connectivity index (χ4n) is 2.58. The van der Waals surface area contributed by atoms with Gasteiger partial charge in [0.2, 0.25) is 0 Å². The summed E-state index contributed by atoms with van der Waals surface area (Å²) in [5.41, 5.74) is 0.185. The molecule has 0 saturated heterocycles. The normalized spacial score (nSPS) is 15.0. The minimum Gasteiger partial charge on any atom is -0.333 e. The van der Waals surface area contributed by atoms with Crippen molar-refractivity contribution in [1.29, 1.82) is 5.26 Å². The lowest BCUT2D eigenvalue weighted by molar-refractivity contribution is 0.470. The van der Waals surface area contributed by atoms with Crippen molar-refractivity contribution in [3.63, 3.8) is 0 Å². The van der Waals surface area contributed by atoms with E-state index < -0.39 is 0 Å². The zero-order chi connectivity index (χ0) is 17.4. The van der Waals surface area contributed by atoms with Crippen LogP contribution in [0.3, 0.4) is 0 Å². The van der Waals surface area contributed by atoms with Gasteiger partial charge in [-0.2, -0.15) is 5.26 Å². The van der Waals surface area contributed by atoms with Crippen LogP contribution in [0, 0.1) is 17.2 Å². The van der Waals surface area contributed by atoms with E-state index in [1.165, 1.54) is 18.3 Å². The predicted molar refractivity (Wildman–Crippen MR) is 95.4 cm³/mol. The highest BCUT2D eigenvalue weighted by molar-refractivity contribution is 6.36. The third-order valence-corrected chi connectivity index (χ3v) is 4.76. The number of nitrogens with zero attached hydrogens (tertiary/aromatic N) is 3. The van der Waals surface area contributed by atoms with Crippen LogP contribution in [0.1, 0.15) is 31.4 Å². The maximum absolute atomic E-state index is 12.7. The molecule has 1 N–H and O–H groups in total. The summed E-state index contributed by atoms with van der Waals surface area (Å²) >= 11 is 18.1. The number of benzene rings is 1. The first kappa shape index (κ1) is 17.1. The Hall–Kier alpha value is -1.74. The van der Waals surface area contributed by atoms with Gasteiger partial charge in [0.05, 0.1) is 16.3 Å². The number of hydrogen-bond donors (Lipinski definition) is 1. The number of halogens is 3.